The minimum atomic E-state index is 0.369. The Bertz CT molecular complexity index is 151. The van der Waals surface area contributed by atoms with E-state index in [1.165, 1.54) is 51.6 Å². The fourth-order valence-corrected chi connectivity index (χ4v) is 2.50. The summed E-state index contributed by atoms with van der Waals surface area (Å²) >= 11 is 0. The molecule has 0 aliphatic heterocycles. The molecular formula is C13H28N2. The van der Waals surface area contributed by atoms with Gasteiger partial charge in [0.25, 0.3) is 0 Å². The third-order valence-corrected chi connectivity index (χ3v) is 3.59. The second-order valence-electron chi connectivity index (χ2n) is 5.36. The average molecular weight is 212 g/mol. The van der Waals surface area contributed by atoms with Crippen LogP contribution in [0, 0.1) is 5.92 Å². The van der Waals surface area contributed by atoms with Crippen LogP contribution in [0.4, 0.5) is 0 Å². The van der Waals surface area contributed by atoms with Crippen LogP contribution in [0.1, 0.15) is 51.9 Å². The third-order valence-electron chi connectivity index (χ3n) is 3.59. The van der Waals surface area contributed by atoms with Crippen molar-refractivity contribution < 1.29 is 0 Å². The molecule has 1 unspecified atom stereocenters. The number of hydrogen-bond acceptors (Lipinski definition) is 2. The predicted molar refractivity (Wildman–Crippen MR) is 67.0 cm³/mol. The van der Waals surface area contributed by atoms with Gasteiger partial charge >= 0.3 is 0 Å². The summed E-state index contributed by atoms with van der Waals surface area (Å²) < 4.78 is 0. The van der Waals surface area contributed by atoms with Crippen molar-refractivity contribution in [3.8, 4) is 0 Å². The van der Waals surface area contributed by atoms with Gasteiger partial charge in [-0.3, -0.25) is 0 Å². The van der Waals surface area contributed by atoms with Crippen molar-refractivity contribution in [3.63, 3.8) is 0 Å². The van der Waals surface area contributed by atoms with E-state index in [2.05, 4.69) is 18.9 Å². The zero-order chi connectivity index (χ0) is 11.1. The highest BCUT2D eigenvalue weighted by Crippen LogP contribution is 2.27. The molecule has 0 aromatic rings. The fraction of sp³-hybridized carbons (Fsp3) is 1.00. The molecule has 1 saturated carbocycles. The molecule has 0 bridgehead atoms. The third kappa shape index (κ3) is 6.16. The largest absolute Gasteiger partial charge is 0.328 e. The molecule has 1 fully saturated rings. The summed E-state index contributed by atoms with van der Waals surface area (Å²) in [5.74, 6) is 1.03. The van der Waals surface area contributed by atoms with Gasteiger partial charge in [-0.05, 0) is 52.2 Å². The monoisotopic (exact) mass is 212 g/mol. The predicted octanol–water partition coefficient (Wildman–Crippen LogP) is 2.63. The smallest absolute Gasteiger partial charge is 0.00109 e. The molecule has 0 amide bonds. The summed E-state index contributed by atoms with van der Waals surface area (Å²) in [5.41, 5.74) is 5.73. The highest BCUT2D eigenvalue weighted by atomic mass is 15.1. The van der Waals surface area contributed by atoms with Crippen LogP contribution in [0.5, 0.6) is 0 Å². The molecule has 0 aromatic carbocycles. The van der Waals surface area contributed by atoms with Gasteiger partial charge in [0.2, 0.25) is 0 Å². The van der Waals surface area contributed by atoms with Crippen molar-refractivity contribution in [2.45, 2.75) is 57.9 Å². The van der Waals surface area contributed by atoms with Gasteiger partial charge in [-0.2, -0.15) is 0 Å². The molecule has 0 heterocycles. The maximum atomic E-state index is 5.73. The van der Waals surface area contributed by atoms with E-state index in [0.717, 1.165) is 12.3 Å². The molecule has 2 heteroatoms. The van der Waals surface area contributed by atoms with Gasteiger partial charge in [0.1, 0.15) is 0 Å². The van der Waals surface area contributed by atoms with E-state index in [1.807, 2.05) is 0 Å². The van der Waals surface area contributed by atoms with Crippen molar-refractivity contribution in [2.24, 2.45) is 11.7 Å². The zero-order valence-electron chi connectivity index (χ0n) is 10.5. The van der Waals surface area contributed by atoms with Gasteiger partial charge in [0.15, 0.2) is 0 Å². The maximum absolute atomic E-state index is 5.73. The number of hydrogen-bond donors (Lipinski definition) is 1. The lowest BCUT2D eigenvalue weighted by atomic mass is 10.0. The molecule has 15 heavy (non-hydrogen) atoms. The first-order valence-corrected chi connectivity index (χ1v) is 6.62. The summed E-state index contributed by atoms with van der Waals surface area (Å²) in [6.45, 7) is 4.59. The Kier molecular flexibility index (Phi) is 6.26. The Hall–Kier alpha value is -0.0800. The van der Waals surface area contributed by atoms with Crippen LogP contribution in [0.2, 0.25) is 0 Å². The lowest BCUT2D eigenvalue weighted by Crippen LogP contribution is -2.24. The summed E-state index contributed by atoms with van der Waals surface area (Å²) in [6.07, 6.45) is 9.72. The topological polar surface area (TPSA) is 29.3 Å². The first-order valence-electron chi connectivity index (χ1n) is 6.62. The Morgan fingerprint density at radius 3 is 2.53 bits per heavy atom. The van der Waals surface area contributed by atoms with E-state index in [4.69, 9.17) is 5.73 Å². The first kappa shape index (κ1) is 13.0. The fourth-order valence-electron chi connectivity index (χ4n) is 2.50. The lowest BCUT2D eigenvalue weighted by molar-refractivity contribution is 0.292. The number of rotatable bonds is 7. The van der Waals surface area contributed by atoms with Crippen molar-refractivity contribution in [2.75, 3.05) is 20.1 Å². The quantitative estimate of drug-likeness (QED) is 0.703. The van der Waals surface area contributed by atoms with Gasteiger partial charge in [0.05, 0.1) is 0 Å². The van der Waals surface area contributed by atoms with E-state index in [1.54, 1.807) is 0 Å². The molecule has 0 spiro atoms. The molecule has 2 N–H and O–H groups in total. The lowest BCUT2D eigenvalue weighted by Gasteiger charge is -2.19. The van der Waals surface area contributed by atoms with Crippen LogP contribution in [0.3, 0.4) is 0 Å². The van der Waals surface area contributed by atoms with E-state index >= 15 is 0 Å². The van der Waals surface area contributed by atoms with Gasteiger partial charge in [-0.15, -0.1) is 0 Å². The standard InChI is InChI=1S/C13H28N2/c1-12(14)6-5-10-15(2)11-9-13-7-3-4-8-13/h12-13H,3-11,14H2,1-2H3. The summed E-state index contributed by atoms with van der Waals surface area (Å²) in [7, 11) is 2.25. The molecule has 2 nitrogen and oxygen atoms in total. The Morgan fingerprint density at radius 1 is 1.27 bits per heavy atom. The van der Waals surface area contributed by atoms with Crippen LogP contribution < -0.4 is 5.73 Å². The zero-order valence-corrected chi connectivity index (χ0v) is 10.5. The van der Waals surface area contributed by atoms with Crippen LogP contribution in [0.25, 0.3) is 0 Å². The first-order chi connectivity index (χ1) is 7.18. The van der Waals surface area contributed by atoms with Crippen molar-refractivity contribution in [3.05, 3.63) is 0 Å². The van der Waals surface area contributed by atoms with Crippen LogP contribution in [-0.4, -0.2) is 31.1 Å². The van der Waals surface area contributed by atoms with Gasteiger partial charge in [0, 0.05) is 6.04 Å². The number of nitrogens with zero attached hydrogens (tertiary/aromatic N) is 1. The van der Waals surface area contributed by atoms with E-state index in [0.29, 0.717) is 6.04 Å². The maximum Gasteiger partial charge on any atom is 0.00109 e. The van der Waals surface area contributed by atoms with Gasteiger partial charge in [-0.25, -0.2) is 0 Å². The highest BCUT2D eigenvalue weighted by Gasteiger charge is 2.14. The summed E-state index contributed by atoms with van der Waals surface area (Å²) in [6, 6.07) is 0.369. The Balaban J connectivity index is 1.95. The number of nitrogens with two attached hydrogens (primary N) is 1. The van der Waals surface area contributed by atoms with Gasteiger partial charge in [-0.1, -0.05) is 25.7 Å². The van der Waals surface area contributed by atoms with Crippen LogP contribution >= 0.6 is 0 Å². The van der Waals surface area contributed by atoms with E-state index < -0.39 is 0 Å². The molecule has 90 valence electrons. The average Bonchev–Trinajstić information content (AvgIpc) is 2.66. The minimum absolute atomic E-state index is 0.369. The normalized spacial score (nSPS) is 20.0. The molecule has 0 saturated heterocycles. The molecule has 1 rings (SSSR count). The molecule has 0 radical (unpaired) electrons. The Morgan fingerprint density at radius 2 is 1.93 bits per heavy atom. The molecule has 0 aromatic heterocycles. The Labute approximate surface area is 95.2 Å². The van der Waals surface area contributed by atoms with E-state index in [-0.39, 0.29) is 0 Å². The molecule has 1 aliphatic rings. The molecule has 1 aliphatic carbocycles. The highest BCUT2D eigenvalue weighted by molar-refractivity contribution is 4.68. The van der Waals surface area contributed by atoms with Crippen molar-refractivity contribution in [1.82, 2.24) is 4.90 Å². The van der Waals surface area contributed by atoms with Crippen LogP contribution in [0.15, 0.2) is 0 Å². The summed E-state index contributed by atoms with van der Waals surface area (Å²) in [5, 5.41) is 0. The molecule has 1 atom stereocenters. The SMILES string of the molecule is CC(N)CCCN(C)CCC1CCCC1. The van der Waals surface area contributed by atoms with E-state index in [9.17, 15) is 0 Å². The second kappa shape index (κ2) is 7.24. The van der Waals surface area contributed by atoms with Crippen molar-refractivity contribution >= 4 is 0 Å². The van der Waals surface area contributed by atoms with Gasteiger partial charge < -0.3 is 10.6 Å². The van der Waals surface area contributed by atoms with Crippen molar-refractivity contribution in [1.29, 1.82) is 0 Å². The second-order valence-corrected chi connectivity index (χ2v) is 5.36. The summed E-state index contributed by atoms with van der Waals surface area (Å²) in [4.78, 5) is 2.47. The molecular weight excluding hydrogens is 184 g/mol. The minimum Gasteiger partial charge on any atom is -0.328 e. The van der Waals surface area contributed by atoms with Crippen LogP contribution in [-0.2, 0) is 0 Å².